The van der Waals surface area contributed by atoms with Crippen LogP contribution in [0.15, 0.2) is 24.3 Å². The first kappa shape index (κ1) is 16.5. The molecule has 1 aromatic rings. The summed E-state index contributed by atoms with van der Waals surface area (Å²) in [5.74, 6) is 0.0715. The Bertz CT molecular complexity index is 560. The zero-order valence-electron chi connectivity index (χ0n) is 13.3. The number of amides is 1. The van der Waals surface area contributed by atoms with Crippen LogP contribution in [0.2, 0.25) is 0 Å². The Balaban J connectivity index is 2.02. The third kappa shape index (κ3) is 4.30. The van der Waals surface area contributed by atoms with Gasteiger partial charge in [0.05, 0.1) is 36.4 Å². The fourth-order valence-electron chi connectivity index (χ4n) is 2.74. The van der Waals surface area contributed by atoms with Crippen molar-refractivity contribution in [3.8, 4) is 6.07 Å². The minimum atomic E-state index is -0.373. The Hall–Kier alpha value is -1.90. The molecular weight excluding hydrogens is 280 g/mol. The molecule has 1 aliphatic heterocycles. The van der Waals surface area contributed by atoms with Crippen molar-refractivity contribution in [3.05, 3.63) is 35.4 Å². The third-order valence-electron chi connectivity index (χ3n) is 3.63. The fourth-order valence-corrected chi connectivity index (χ4v) is 2.74. The minimum absolute atomic E-state index is 0.0715. The Morgan fingerprint density at radius 1 is 1.45 bits per heavy atom. The first-order chi connectivity index (χ1) is 10.4. The Kier molecular flexibility index (Phi) is 5.17. The number of morpholine rings is 1. The SMILES string of the molecule is COC[C@@H]1CN(C(=O)Cc2ccc(C#N)cc2)CC(C)(C)O1. The average Bonchev–Trinajstić information content (AvgIpc) is 2.46. The van der Waals surface area contributed by atoms with Crippen molar-refractivity contribution in [3.63, 3.8) is 0 Å². The van der Waals surface area contributed by atoms with Gasteiger partial charge >= 0.3 is 0 Å². The second kappa shape index (κ2) is 6.91. The van der Waals surface area contributed by atoms with Crippen LogP contribution in [0.25, 0.3) is 0 Å². The van der Waals surface area contributed by atoms with Crippen molar-refractivity contribution in [2.45, 2.75) is 32.0 Å². The lowest BCUT2D eigenvalue weighted by Gasteiger charge is -2.42. The maximum atomic E-state index is 12.5. The van der Waals surface area contributed by atoms with Gasteiger partial charge in [-0.3, -0.25) is 4.79 Å². The van der Waals surface area contributed by atoms with Crippen LogP contribution in [-0.4, -0.2) is 49.3 Å². The number of nitrogens with zero attached hydrogens (tertiary/aromatic N) is 2. The zero-order chi connectivity index (χ0) is 16.2. The summed E-state index contributed by atoms with van der Waals surface area (Å²) >= 11 is 0. The molecule has 0 saturated carbocycles. The third-order valence-corrected chi connectivity index (χ3v) is 3.63. The number of carbonyl (C=O) groups excluding carboxylic acids is 1. The predicted molar refractivity (Wildman–Crippen MR) is 82.3 cm³/mol. The molecule has 1 aliphatic rings. The van der Waals surface area contributed by atoms with E-state index in [1.54, 1.807) is 19.2 Å². The molecule has 22 heavy (non-hydrogen) atoms. The van der Waals surface area contributed by atoms with Gasteiger partial charge in [-0.25, -0.2) is 0 Å². The molecule has 1 atom stereocenters. The average molecular weight is 302 g/mol. The van der Waals surface area contributed by atoms with E-state index in [4.69, 9.17) is 14.7 Å². The molecule has 0 unspecified atom stereocenters. The van der Waals surface area contributed by atoms with Crippen LogP contribution in [-0.2, 0) is 20.7 Å². The van der Waals surface area contributed by atoms with Crippen molar-refractivity contribution >= 4 is 5.91 Å². The number of hydrogen-bond donors (Lipinski definition) is 0. The maximum Gasteiger partial charge on any atom is 0.227 e. The van der Waals surface area contributed by atoms with Crippen LogP contribution in [0, 0.1) is 11.3 Å². The summed E-state index contributed by atoms with van der Waals surface area (Å²) in [4.78, 5) is 14.4. The molecule has 1 heterocycles. The van der Waals surface area contributed by atoms with Crippen LogP contribution in [0.3, 0.4) is 0 Å². The van der Waals surface area contributed by atoms with E-state index in [2.05, 4.69) is 6.07 Å². The van der Waals surface area contributed by atoms with Gasteiger partial charge in [0.2, 0.25) is 5.91 Å². The molecule has 5 nitrogen and oxygen atoms in total. The van der Waals surface area contributed by atoms with E-state index >= 15 is 0 Å². The number of nitriles is 1. The second-order valence-electron chi connectivity index (χ2n) is 6.21. The highest BCUT2D eigenvalue weighted by molar-refractivity contribution is 5.79. The summed E-state index contributed by atoms with van der Waals surface area (Å²) in [6.45, 7) is 5.56. The quantitative estimate of drug-likeness (QED) is 0.850. The molecule has 1 fully saturated rings. The molecule has 1 amide bonds. The van der Waals surface area contributed by atoms with E-state index in [0.29, 0.717) is 31.7 Å². The number of benzene rings is 1. The smallest absolute Gasteiger partial charge is 0.227 e. The molecule has 1 aromatic carbocycles. The first-order valence-electron chi connectivity index (χ1n) is 7.37. The van der Waals surface area contributed by atoms with Crippen LogP contribution >= 0.6 is 0 Å². The van der Waals surface area contributed by atoms with Crippen molar-refractivity contribution in [2.24, 2.45) is 0 Å². The summed E-state index contributed by atoms with van der Waals surface area (Å²) < 4.78 is 11.1. The number of methoxy groups -OCH3 is 1. The Morgan fingerprint density at radius 3 is 2.73 bits per heavy atom. The highest BCUT2D eigenvalue weighted by Gasteiger charge is 2.35. The monoisotopic (exact) mass is 302 g/mol. The summed E-state index contributed by atoms with van der Waals surface area (Å²) in [5.41, 5.74) is 1.14. The van der Waals surface area contributed by atoms with Crippen molar-refractivity contribution in [1.82, 2.24) is 4.90 Å². The lowest BCUT2D eigenvalue weighted by atomic mass is 10.0. The lowest BCUT2D eigenvalue weighted by Crippen LogP contribution is -2.56. The number of carbonyl (C=O) groups is 1. The van der Waals surface area contributed by atoms with Gasteiger partial charge in [-0.05, 0) is 31.5 Å². The Morgan fingerprint density at radius 2 is 2.14 bits per heavy atom. The molecule has 2 rings (SSSR count). The largest absolute Gasteiger partial charge is 0.382 e. The summed E-state index contributed by atoms with van der Waals surface area (Å²) in [7, 11) is 1.63. The lowest BCUT2D eigenvalue weighted by molar-refractivity contribution is -0.168. The van der Waals surface area contributed by atoms with Crippen LogP contribution in [0.1, 0.15) is 25.0 Å². The molecule has 0 aromatic heterocycles. The topological polar surface area (TPSA) is 62.6 Å². The maximum absolute atomic E-state index is 12.5. The van der Waals surface area contributed by atoms with E-state index in [0.717, 1.165) is 5.56 Å². The van der Waals surface area contributed by atoms with Gasteiger partial charge in [-0.1, -0.05) is 12.1 Å². The number of hydrogen-bond acceptors (Lipinski definition) is 4. The van der Waals surface area contributed by atoms with Crippen molar-refractivity contribution in [2.75, 3.05) is 26.8 Å². The van der Waals surface area contributed by atoms with Gasteiger partial charge < -0.3 is 14.4 Å². The van der Waals surface area contributed by atoms with Gasteiger partial charge in [0.15, 0.2) is 0 Å². The summed E-state index contributed by atoms with van der Waals surface area (Å²) in [5, 5.41) is 8.80. The van der Waals surface area contributed by atoms with Crippen LogP contribution in [0.4, 0.5) is 0 Å². The molecule has 0 spiro atoms. The highest BCUT2D eigenvalue weighted by atomic mass is 16.5. The van der Waals surface area contributed by atoms with Gasteiger partial charge in [0, 0.05) is 20.2 Å². The zero-order valence-corrected chi connectivity index (χ0v) is 13.3. The van der Waals surface area contributed by atoms with Gasteiger partial charge in [-0.2, -0.15) is 5.26 Å². The van der Waals surface area contributed by atoms with E-state index in [1.807, 2.05) is 30.9 Å². The molecule has 0 radical (unpaired) electrons. The molecule has 0 bridgehead atoms. The standard InChI is InChI=1S/C17H22N2O3/c1-17(2)12-19(10-15(22-17)11-21-3)16(20)8-13-4-6-14(9-18)7-5-13/h4-7,15H,8,10-12H2,1-3H3/t15-/m0/s1. The van der Waals surface area contributed by atoms with E-state index in [9.17, 15) is 4.79 Å². The van der Waals surface area contributed by atoms with Crippen molar-refractivity contribution in [1.29, 1.82) is 5.26 Å². The van der Waals surface area contributed by atoms with E-state index < -0.39 is 0 Å². The molecule has 1 saturated heterocycles. The van der Waals surface area contributed by atoms with Gasteiger partial charge in [0.25, 0.3) is 0 Å². The molecule has 118 valence electrons. The summed E-state index contributed by atoms with van der Waals surface area (Å²) in [6, 6.07) is 9.20. The number of rotatable bonds is 4. The van der Waals surface area contributed by atoms with Gasteiger partial charge in [-0.15, -0.1) is 0 Å². The minimum Gasteiger partial charge on any atom is -0.382 e. The van der Waals surface area contributed by atoms with Crippen LogP contribution < -0.4 is 0 Å². The second-order valence-corrected chi connectivity index (χ2v) is 6.21. The summed E-state index contributed by atoms with van der Waals surface area (Å²) in [6.07, 6.45) is 0.236. The highest BCUT2D eigenvalue weighted by Crippen LogP contribution is 2.22. The molecule has 5 heteroatoms. The molecule has 0 aliphatic carbocycles. The van der Waals surface area contributed by atoms with E-state index in [1.165, 1.54) is 0 Å². The Labute approximate surface area is 131 Å². The van der Waals surface area contributed by atoms with Crippen molar-refractivity contribution < 1.29 is 14.3 Å². The van der Waals surface area contributed by atoms with Crippen LogP contribution in [0.5, 0.6) is 0 Å². The molecule has 0 N–H and O–H groups in total. The normalized spacial score (nSPS) is 20.5. The molecular formula is C17H22N2O3. The fraction of sp³-hybridized carbons (Fsp3) is 0.529. The van der Waals surface area contributed by atoms with E-state index in [-0.39, 0.29) is 17.6 Å². The predicted octanol–water partition coefficient (Wildman–Crippen LogP) is 1.75. The number of ether oxygens (including phenoxy) is 2. The first-order valence-corrected chi connectivity index (χ1v) is 7.37. The van der Waals surface area contributed by atoms with Gasteiger partial charge in [0.1, 0.15) is 0 Å².